The lowest BCUT2D eigenvalue weighted by Crippen LogP contribution is -2.42. The molecule has 0 N–H and O–H groups in total. The molecule has 6 nitrogen and oxygen atoms in total. The van der Waals surface area contributed by atoms with Gasteiger partial charge in [0.2, 0.25) is 0 Å². The Morgan fingerprint density at radius 2 is 1.74 bits per heavy atom. The molecule has 3 aromatic rings. The highest BCUT2D eigenvalue weighted by atomic mass is 35.5. The van der Waals surface area contributed by atoms with Crippen molar-refractivity contribution in [2.45, 2.75) is 44.7 Å². The van der Waals surface area contributed by atoms with Crippen LogP contribution in [0.15, 0.2) is 60.9 Å². The lowest BCUT2D eigenvalue weighted by molar-refractivity contribution is 0.0701. The van der Waals surface area contributed by atoms with Crippen LogP contribution < -0.4 is 4.90 Å². The van der Waals surface area contributed by atoms with Gasteiger partial charge in [0.1, 0.15) is 0 Å². The highest BCUT2D eigenvalue weighted by Gasteiger charge is 2.44. The van der Waals surface area contributed by atoms with Crippen molar-refractivity contribution in [1.82, 2.24) is 14.8 Å². The van der Waals surface area contributed by atoms with Gasteiger partial charge in [0.25, 0.3) is 11.8 Å². The number of benzene rings is 2. The maximum Gasteiger partial charge on any atom is 0.256 e. The SMILES string of the molecule is O=C(c1cccc2c1CC[C@H]2N1Cc2cccc(Cl)c2C1=O)N1CCC2(CCN(c3ccncc3)CC2)C1. The summed E-state index contributed by atoms with van der Waals surface area (Å²) in [6, 6.07) is 15.9. The van der Waals surface area contributed by atoms with Gasteiger partial charge in [-0.25, -0.2) is 0 Å². The first-order valence-electron chi connectivity index (χ1n) is 13.7. The number of amides is 2. The topological polar surface area (TPSA) is 56.8 Å². The zero-order valence-electron chi connectivity index (χ0n) is 21.4. The monoisotopic (exact) mass is 526 g/mol. The Bertz CT molecular complexity index is 1420. The summed E-state index contributed by atoms with van der Waals surface area (Å²) >= 11 is 6.37. The molecule has 1 atom stereocenters. The zero-order valence-corrected chi connectivity index (χ0v) is 22.2. The molecule has 1 spiro atoms. The molecule has 2 saturated heterocycles. The molecule has 1 aromatic heterocycles. The van der Waals surface area contributed by atoms with Crippen LogP contribution >= 0.6 is 11.6 Å². The number of rotatable bonds is 3. The van der Waals surface area contributed by atoms with Gasteiger partial charge in [0.05, 0.1) is 16.6 Å². The highest BCUT2D eigenvalue weighted by molar-refractivity contribution is 6.34. The van der Waals surface area contributed by atoms with Gasteiger partial charge in [0.15, 0.2) is 0 Å². The summed E-state index contributed by atoms with van der Waals surface area (Å²) in [7, 11) is 0. The Labute approximate surface area is 228 Å². The van der Waals surface area contributed by atoms with Crippen molar-refractivity contribution in [3.05, 3.63) is 93.8 Å². The summed E-state index contributed by atoms with van der Waals surface area (Å²) in [5, 5.41) is 0.520. The number of carbonyl (C=O) groups excluding carboxylic acids is 2. The van der Waals surface area contributed by atoms with Crippen LogP contribution in [0.3, 0.4) is 0 Å². The van der Waals surface area contributed by atoms with Gasteiger partial charge in [-0.05, 0) is 78.5 Å². The van der Waals surface area contributed by atoms with Crippen LogP contribution in [0, 0.1) is 5.41 Å². The van der Waals surface area contributed by atoms with Gasteiger partial charge >= 0.3 is 0 Å². The van der Waals surface area contributed by atoms with Crippen molar-refractivity contribution in [3.8, 4) is 0 Å². The van der Waals surface area contributed by atoms with Crippen molar-refractivity contribution in [3.63, 3.8) is 0 Å². The Hall–Kier alpha value is -3.38. The molecule has 7 rings (SSSR count). The van der Waals surface area contributed by atoms with Crippen molar-refractivity contribution in [2.24, 2.45) is 5.41 Å². The lowest BCUT2D eigenvalue weighted by Gasteiger charge is -2.40. The average molecular weight is 527 g/mol. The second kappa shape index (κ2) is 9.12. The van der Waals surface area contributed by atoms with Crippen molar-refractivity contribution >= 4 is 29.1 Å². The van der Waals surface area contributed by atoms with E-state index in [1.54, 1.807) is 6.07 Å². The molecular formula is C31H31ClN4O2. The van der Waals surface area contributed by atoms with E-state index in [-0.39, 0.29) is 23.3 Å². The Kier molecular flexibility index (Phi) is 5.69. The van der Waals surface area contributed by atoms with Crippen LogP contribution in [-0.4, -0.2) is 52.8 Å². The summed E-state index contributed by atoms with van der Waals surface area (Å²) in [5.41, 5.74) is 6.12. The molecular weight excluding hydrogens is 496 g/mol. The first-order chi connectivity index (χ1) is 18.5. The van der Waals surface area contributed by atoms with Crippen LogP contribution in [-0.2, 0) is 13.0 Å². The minimum Gasteiger partial charge on any atom is -0.371 e. The largest absolute Gasteiger partial charge is 0.371 e. The quantitative estimate of drug-likeness (QED) is 0.451. The number of aromatic nitrogens is 1. The fourth-order valence-corrected chi connectivity index (χ4v) is 7.50. The molecule has 2 amide bonds. The van der Waals surface area contributed by atoms with Crippen LogP contribution in [0.5, 0.6) is 0 Å². The summed E-state index contributed by atoms with van der Waals surface area (Å²) in [5.74, 6) is 0.148. The standard InChI is InChI=1S/C31H31ClN4O2/c32-26-6-1-3-21-19-36(30(38)28(21)26)27-8-7-23-24(27)4-2-5-25(23)29(37)35-18-13-31(20-35)11-16-34(17-12-31)22-9-14-33-15-10-22/h1-6,9-10,14-15,27H,7-8,11-13,16-20H2/t27-/m1/s1. The van der Waals surface area contributed by atoms with Gasteiger partial charge < -0.3 is 14.7 Å². The fourth-order valence-electron chi connectivity index (χ4n) is 7.23. The third kappa shape index (κ3) is 3.80. The van der Waals surface area contributed by atoms with Gasteiger partial charge in [-0.2, -0.15) is 0 Å². The van der Waals surface area contributed by atoms with E-state index >= 15 is 0 Å². The zero-order chi connectivity index (χ0) is 25.9. The number of piperidine rings is 1. The van der Waals surface area contributed by atoms with E-state index in [2.05, 4.69) is 33.0 Å². The Morgan fingerprint density at radius 1 is 0.974 bits per heavy atom. The second-order valence-corrected chi connectivity index (χ2v) is 11.7. The molecule has 0 bridgehead atoms. The third-order valence-corrected chi connectivity index (χ3v) is 9.65. The van der Waals surface area contributed by atoms with E-state index in [1.807, 2.05) is 41.6 Å². The normalized spacial score (nSPS) is 21.8. The van der Waals surface area contributed by atoms with Crippen LogP contribution in [0.25, 0.3) is 0 Å². The van der Waals surface area contributed by atoms with Crippen LogP contribution in [0.2, 0.25) is 5.02 Å². The smallest absolute Gasteiger partial charge is 0.256 e. The number of hydrogen-bond donors (Lipinski definition) is 0. The van der Waals surface area contributed by atoms with E-state index in [4.69, 9.17) is 11.6 Å². The number of hydrogen-bond acceptors (Lipinski definition) is 4. The molecule has 2 aromatic carbocycles. The van der Waals surface area contributed by atoms with E-state index < -0.39 is 0 Å². The van der Waals surface area contributed by atoms with E-state index in [9.17, 15) is 9.59 Å². The molecule has 3 aliphatic heterocycles. The number of halogens is 1. The number of nitrogens with zero attached hydrogens (tertiary/aromatic N) is 4. The van der Waals surface area contributed by atoms with E-state index in [0.717, 1.165) is 80.5 Å². The fraction of sp³-hybridized carbons (Fsp3) is 0.387. The molecule has 2 fully saturated rings. The maximum atomic E-state index is 13.8. The van der Waals surface area contributed by atoms with Crippen molar-refractivity contribution < 1.29 is 9.59 Å². The lowest BCUT2D eigenvalue weighted by atomic mass is 9.77. The molecule has 7 heteroatoms. The molecule has 38 heavy (non-hydrogen) atoms. The maximum absolute atomic E-state index is 13.8. The minimum atomic E-state index is -0.0175. The predicted octanol–water partition coefficient (Wildman–Crippen LogP) is 5.51. The van der Waals surface area contributed by atoms with Crippen molar-refractivity contribution in [1.29, 1.82) is 0 Å². The summed E-state index contributed by atoms with van der Waals surface area (Å²) in [6.07, 6.45) is 8.64. The van der Waals surface area contributed by atoms with Gasteiger partial charge in [-0.15, -0.1) is 0 Å². The van der Waals surface area contributed by atoms with E-state index in [1.165, 1.54) is 5.69 Å². The molecule has 1 aliphatic carbocycles. The first-order valence-corrected chi connectivity index (χ1v) is 14.1. The molecule has 0 saturated carbocycles. The Morgan fingerprint density at radius 3 is 2.53 bits per heavy atom. The van der Waals surface area contributed by atoms with E-state index in [0.29, 0.717) is 17.1 Å². The number of fused-ring (bicyclic) bond motifs is 2. The van der Waals surface area contributed by atoms with Crippen LogP contribution in [0.1, 0.15) is 69.1 Å². The molecule has 4 heterocycles. The molecule has 194 valence electrons. The average Bonchev–Trinajstić information content (AvgIpc) is 3.65. The minimum absolute atomic E-state index is 0.000211. The molecule has 0 radical (unpaired) electrons. The third-order valence-electron chi connectivity index (χ3n) is 9.34. The summed E-state index contributed by atoms with van der Waals surface area (Å²) in [6.45, 7) is 4.26. The number of likely N-dealkylation sites (tertiary alicyclic amines) is 1. The highest BCUT2D eigenvalue weighted by Crippen LogP contribution is 2.44. The number of pyridine rings is 1. The first kappa shape index (κ1) is 23.7. The van der Waals surface area contributed by atoms with Gasteiger partial charge in [-0.1, -0.05) is 35.9 Å². The number of carbonyl (C=O) groups is 2. The van der Waals surface area contributed by atoms with Crippen LogP contribution in [0.4, 0.5) is 5.69 Å². The van der Waals surface area contributed by atoms with Gasteiger partial charge in [-0.3, -0.25) is 14.6 Å². The molecule has 4 aliphatic rings. The molecule has 0 unspecified atom stereocenters. The second-order valence-electron chi connectivity index (χ2n) is 11.3. The van der Waals surface area contributed by atoms with Gasteiger partial charge in [0, 0.05) is 56.4 Å². The summed E-state index contributed by atoms with van der Waals surface area (Å²) < 4.78 is 0. The van der Waals surface area contributed by atoms with Crippen molar-refractivity contribution in [2.75, 3.05) is 31.1 Å². The number of anilines is 1. The predicted molar refractivity (Wildman–Crippen MR) is 147 cm³/mol. The Balaban J connectivity index is 1.07. The summed E-state index contributed by atoms with van der Waals surface area (Å²) in [4.78, 5) is 37.7.